The number of benzene rings is 2. The number of nitrogens with one attached hydrogen (secondary N) is 3. The van der Waals surface area contributed by atoms with Crippen molar-refractivity contribution < 1.29 is 18.0 Å². The first-order valence-corrected chi connectivity index (χ1v) is 9.31. The van der Waals surface area contributed by atoms with Crippen molar-refractivity contribution in [3.63, 3.8) is 0 Å². The second kappa shape index (κ2) is 7.35. The van der Waals surface area contributed by atoms with Gasteiger partial charge >= 0.3 is 0 Å². The predicted molar refractivity (Wildman–Crippen MR) is 98.3 cm³/mol. The van der Waals surface area contributed by atoms with Crippen molar-refractivity contribution in [1.29, 1.82) is 0 Å². The molecule has 0 saturated heterocycles. The fraction of sp³-hybridized carbons (Fsp3) is 0.176. The molecule has 0 aliphatic heterocycles. The molecule has 0 radical (unpaired) electrons. The zero-order valence-electron chi connectivity index (χ0n) is 14.1. The molecule has 0 bridgehead atoms. The van der Waals surface area contributed by atoms with Crippen LogP contribution in [0.5, 0.6) is 0 Å². The molecule has 0 atom stereocenters. The third kappa shape index (κ3) is 5.32. The van der Waals surface area contributed by atoms with Crippen LogP contribution in [0.2, 0.25) is 0 Å². The van der Waals surface area contributed by atoms with Crippen LogP contribution in [-0.4, -0.2) is 26.5 Å². The fourth-order valence-electron chi connectivity index (χ4n) is 2.27. The zero-order chi connectivity index (χ0) is 18.6. The highest BCUT2D eigenvalue weighted by Gasteiger charge is 2.14. The van der Waals surface area contributed by atoms with Crippen molar-refractivity contribution in [3.05, 3.63) is 53.6 Å². The molecule has 2 aromatic carbocycles. The lowest BCUT2D eigenvalue weighted by molar-refractivity contribution is -0.114. The molecule has 0 heterocycles. The first-order valence-electron chi connectivity index (χ1n) is 7.42. The van der Waals surface area contributed by atoms with Crippen LogP contribution < -0.4 is 15.4 Å². The summed E-state index contributed by atoms with van der Waals surface area (Å²) in [6.07, 6.45) is 1.05. The van der Waals surface area contributed by atoms with Crippen molar-refractivity contribution in [2.45, 2.75) is 13.8 Å². The van der Waals surface area contributed by atoms with Gasteiger partial charge in [-0.15, -0.1) is 0 Å². The van der Waals surface area contributed by atoms with Crippen molar-refractivity contribution in [2.75, 3.05) is 21.6 Å². The molecule has 0 fully saturated rings. The van der Waals surface area contributed by atoms with Crippen LogP contribution in [0.1, 0.15) is 22.8 Å². The summed E-state index contributed by atoms with van der Waals surface area (Å²) >= 11 is 0. The Bertz CT molecular complexity index is 923. The van der Waals surface area contributed by atoms with Gasteiger partial charge in [0.25, 0.3) is 5.91 Å². The van der Waals surface area contributed by atoms with E-state index in [-0.39, 0.29) is 11.8 Å². The lowest BCUT2D eigenvalue weighted by Crippen LogP contribution is -2.16. The number of rotatable bonds is 5. The van der Waals surface area contributed by atoms with E-state index in [0.717, 1.165) is 6.26 Å². The predicted octanol–water partition coefficient (Wildman–Crippen LogP) is 2.58. The van der Waals surface area contributed by atoms with Crippen LogP contribution in [0.3, 0.4) is 0 Å². The molecule has 0 aliphatic carbocycles. The van der Waals surface area contributed by atoms with Gasteiger partial charge < -0.3 is 10.6 Å². The maximum atomic E-state index is 12.5. The van der Waals surface area contributed by atoms with Crippen LogP contribution in [0, 0.1) is 6.92 Å². The molecule has 0 aliphatic rings. The number of sulfonamides is 1. The molecule has 0 aromatic heterocycles. The van der Waals surface area contributed by atoms with Crippen molar-refractivity contribution in [2.24, 2.45) is 0 Å². The Morgan fingerprint density at radius 1 is 0.960 bits per heavy atom. The van der Waals surface area contributed by atoms with Gasteiger partial charge in [-0.25, -0.2) is 8.42 Å². The number of carbonyl (C=O) groups excluding carboxylic acids is 2. The second-order valence-corrected chi connectivity index (χ2v) is 7.32. The van der Waals surface area contributed by atoms with E-state index < -0.39 is 10.0 Å². The third-order valence-electron chi connectivity index (χ3n) is 3.31. The molecule has 0 spiro atoms. The van der Waals surface area contributed by atoms with Gasteiger partial charge in [0, 0.05) is 23.9 Å². The van der Waals surface area contributed by atoms with E-state index >= 15 is 0 Å². The summed E-state index contributed by atoms with van der Waals surface area (Å²) in [5.41, 5.74) is 2.29. The molecule has 2 rings (SSSR count). The molecular weight excluding hydrogens is 342 g/mol. The minimum absolute atomic E-state index is 0.209. The van der Waals surface area contributed by atoms with E-state index in [1.807, 2.05) is 0 Å². The van der Waals surface area contributed by atoms with Crippen LogP contribution in [0.25, 0.3) is 0 Å². The molecule has 0 saturated carbocycles. The summed E-state index contributed by atoms with van der Waals surface area (Å²) in [6.45, 7) is 3.06. The Balaban J connectivity index is 2.24. The molecule has 3 N–H and O–H groups in total. The number of hydrogen-bond acceptors (Lipinski definition) is 4. The maximum Gasteiger partial charge on any atom is 0.256 e. The third-order valence-corrected chi connectivity index (χ3v) is 3.91. The van der Waals surface area contributed by atoms with E-state index in [1.165, 1.54) is 6.92 Å². The largest absolute Gasteiger partial charge is 0.326 e. The molecule has 7 nitrogen and oxygen atoms in total. The van der Waals surface area contributed by atoms with Gasteiger partial charge in [0.2, 0.25) is 15.9 Å². The van der Waals surface area contributed by atoms with E-state index in [9.17, 15) is 18.0 Å². The van der Waals surface area contributed by atoms with Gasteiger partial charge in [-0.3, -0.25) is 14.3 Å². The average Bonchev–Trinajstić information content (AvgIpc) is 2.47. The number of carbonyl (C=O) groups is 2. The van der Waals surface area contributed by atoms with Crippen LogP contribution in [0.15, 0.2) is 42.5 Å². The molecule has 25 heavy (non-hydrogen) atoms. The highest BCUT2D eigenvalue weighted by atomic mass is 32.2. The van der Waals surface area contributed by atoms with Gasteiger partial charge in [0.05, 0.1) is 11.9 Å². The highest BCUT2D eigenvalue weighted by Crippen LogP contribution is 2.22. The highest BCUT2D eigenvalue weighted by molar-refractivity contribution is 7.92. The van der Waals surface area contributed by atoms with Crippen LogP contribution >= 0.6 is 0 Å². The Morgan fingerprint density at radius 3 is 2.16 bits per heavy atom. The van der Waals surface area contributed by atoms with Crippen LogP contribution in [-0.2, 0) is 14.8 Å². The summed E-state index contributed by atoms with van der Waals surface area (Å²) in [4.78, 5) is 23.6. The van der Waals surface area contributed by atoms with Gasteiger partial charge in [-0.1, -0.05) is 12.1 Å². The number of anilines is 3. The zero-order valence-corrected chi connectivity index (χ0v) is 14.9. The number of amides is 2. The topological polar surface area (TPSA) is 104 Å². The maximum absolute atomic E-state index is 12.5. The van der Waals surface area contributed by atoms with Crippen molar-refractivity contribution in [1.82, 2.24) is 0 Å². The minimum atomic E-state index is -3.44. The quantitative estimate of drug-likeness (QED) is 0.761. The molecule has 0 unspecified atom stereocenters. The second-order valence-electron chi connectivity index (χ2n) is 5.57. The Hall–Kier alpha value is -2.87. The Labute approximate surface area is 146 Å². The lowest BCUT2D eigenvalue weighted by Gasteiger charge is -2.13. The van der Waals surface area contributed by atoms with Gasteiger partial charge in [0.15, 0.2) is 0 Å². The monoisotopic (exact) mass is 361 g/mol. The minimum Gasteiger partial charge on any atom is -0.326 e. The van der Waals surface area contributed by atoms with E-state index in [0.29, 0.717) is 28.2 Å². The van der Waals surface area contributed by atoms with Crippen LogP contribution in [0.4, 0.5) is 17.1 Å². The van der Waals surface area contributed by atoms with Gasteiger partial charge in [0.1, 0.15) is 0 Å². The molecule has 132 valence electrons. The lowest BCUT2D eigenvalue weighted by atomic mass is 10.1. The molecule has 8 heteroatoms. The van der Waals surface area contributed by atoms with E-state index in [1.54, 1.807) is 49.4 Å². The summed E-state index contributed by atoms with van der Waals surface area (Å²) in [5, 5.41) is 5.37. The molecule has 2 amide bonds. The van der Waals surface area contributed by atoms with Gasteiger partial charge in [-0.05, 0) is 42.8 Å². The van der Waals surface area contributed by atoms with Crippen molar-refractivity contribution >= 4 is 38.9 Å². The molecule has 2 aromatic rings. The normalized spacial score (nSPS) is 10.8. The fourth-order valence-corrected chi connectivity index (χ4v) is 2.89. The summed E-state index contributed by atoms with van der Waals surface area (Å²) < 4.78 is 25.2. The van der Waals surface area contributed by atoms with Crippen molar-refractivity contribution in [3.8, 4) is 0 Å². The first-order chi connectivity index (χ1) is 11.7. The standard InChI is InChI=1S/C17H19N3O4S/c1-11-15(8-5-9-16(11)20-25(3,23)24)17(22)19-14-7-4-6-13(10-14)18-12(2)21/h4-10,20H,1-3H3,(H,18,21)(H,19,22). The Morgan fingerprint density at radius 2 is 1.56 bits per heavy atom. The van der Waals surface area contributed by atoms with E-state index in [2.05, 4.69) is 15.4 Å². The van der Waals surface area contributed by atoms with Gasteiger partial charge in [-0.2, -0.15) is 0 Å². The average molecular weight is 361 g/mol. The molecular formula is C17H19N3O4S. The van der Waals surface area contributed by atoms with E-state index in [4.69, 9.17) is 0 Å². The Kier molecular flexibility index (Phi) is 5.43. The number of hydrogen-bond donors (Lipinski definition) is 3. The SMILES string of the molecule is CC(=O)Nc1cccc(NC(=O)c2cccc(NS(C)(=O)=O)c2C)c1. The summed E-state index contributed by atoms with van der Waals surface area (Å²) in [7, 11) is -3.44. The smallest absolute Gasteiger partial charge is 0.256 e. The summed E-state index contributed by atoms with van der Waals surface area (Å²) in [6, 6.07) is 11.5. The summed E-state index contributed by atoms with van der Waals surface area (Å²) in [5.74, 6) is -0.589. The first kappa shape index (κ1) is 18.5.